The molecule has 1 saturated heterocycles. The minimum absolute atomic E-state index is 0.146. The third kappa shape index (κ3) is 30.0. The zero-order valence-electron chi connectivity index (χ0n) is 35.9. The molecule has 0 aliphatic carbocycles. The zero-order chi connectivity index (χ0) is 42.7. The minimum atomic E-state index is -4.60. The number of aliphatic hydroxyl groups excluding tert-OH is 3. The smallest absolute Gasteiger partial charge is 0.306 e. The largest absolute Gasteiger partial charge is 0.462 e. The van der Waals surface area contributed by atoms with Crippen LogP contribution in [0.1, 0.15) is 181 Å². The summed E-state index contributed by atoms with van der Waals surface area (Å²) >= 11 is 0. The van der Waals surface area contributed by atoms with E-state index >= 15 is 0 Å². The number of ether oxygens (including phenoxy) is 4. The van der Waals surface area contributed by atoms with Gasteiger partial charge in [0.05, 0.1) is 6.61 Å². The number of hydrogen-bond acceptors (Lipinski definition) is 11. The molecule has 1 rings (SSSR count). The van der Waals surface area contributed by atoms with Crippen LogP contribution >= 0.6 is 0 Å². The Kier molecular flexibility index (Phi) is 33.1. The lowest BCUT2D eigenvalue weighted by atomic mass is 10.00. The highest BCUT2D eigenvalue weighted by molar-refractivity contribution is 7.85. The number of unbranched alkanes of at least 4 members (excludes halogenated alkanes) is 19. The van der Waals surface area contributed by atoms with Gasteiger partial charge in [0.25, 0.3) is 10.1 Å². The molecule has 6 atom stereocenters. The molecule has 6 unspecified atom stereocenters. The van der Waals surface area contributed by atoms with Gasteiger partial charge < -0.3 is 34.3 Å². The summed E-state index contributed by atoms with van der Waals surface area (Å²) in [6.07, 6.45) is 30.4. The van der Waals surface area contributed by atoms with Gasteiger partial charge in [-0.15, -0.1) is 0 Å². The maximum atomic E-state index is 12.8. The van der Waals surface area contributed by atoms with Crippen molar-refractivity contribution in [1.29, 1.82) is 0 Å². The van der Waals surface area contributed by atoms with Crippen molar-refractivity contribution < 1.29 is 56.8 Å². The molecule has 0 aromatic rings. The monoisotopic (exact) mass is 845 g/mol. The molecule has 1 fully saturated rings. The first kappa shape index (κ1) is 53.9. The lowest BCUT2D eigenvalue weighted by Crippen LogP contribution is -2.60. The summed E-state index contributed by atoms with van der Waals surface area (Å²) in [6, 6.07) is 0. The number of rotatable bonds is 37. The van der Waals surface area contributed by atoms with Crippen LogP contribution < -0.4 is 0 Å². The Labute approximate surface area is 351 Å². The first-order chi connectivity index (χ1) is 28.0. The molecule has 1 aliphatic heterocycles. The average molecular weight is 845 g/mol. The van der Waals surface area contributed by atoms with Gasteiger partial charge in [0.2, 0.25) is 0 Å². The van der Waals surface area contributed by atoms with Gasteiger partial charge in [0.1, 0.15) is 36.8 Å². The Hall–Kier alpha value is -2.13. The van der Waals surface area contributed by atoms with Crippen molar-refractivity contribution in [2.45, 2.75) is 218 Å². The van der Waals surface area contributed by atoms with E-state index in [1.165, 1.54) is 57.8 Å². The number of aliphatic hydroxyl groups is 3. The maximum Gasteiger partial charge on any atom is 0.306 e. The summed E-state index contributed by atoms with van der Waals surface area (Å²) in [5.41, 5.74) is 0. The van der Waals surface area contributed by atoms with Crippen LogP contribution in [-0.4, -0.2) is 96.0 Å². The van der Waals surface area contributed by atoms with Gasteiger partial charge in [-0.25, -0.2) is 0 Å². The van der Waals surface area contributed by atoms with Crippen molar-refractivity contribution in [2.24, 2.45) is 0 Å². The summed E-state index contributed by atoms with van der Waals surface area (Å²) in [5, 5.41) is 30.9. The first-order valence-corrected chi connectivity index (χ1v) is 24.2. The highest BCUT2D eigenvalue weighted by Crippen LogP contribution is 2.24. The Bertz CT molecular complexity index is 1220. The molecule has 338 valence electrons. The lowest BCUT2D eigenvalue weighted by molar-refractivity contribution is -0.297. The van der Waals surface area contributed by atoms with E-state index in [1.807, 2.05) is 0 Å². The second-order valence-electron chi connectivity index (χ2n) is 15.7. The molecular formula is C45H80O12S. The molecule has 4 N–H and O–H groups in total. The van der Waals surface area contributed by atoms with E-state index in [9.17, 15) is 37.9 Å². The third-order valence-electron chi connectivity index (χ3n) is 10.2. The van der Waals surface area contributed by atoms with Crippen LogP contribution in [0, 0.1) is 0 Å². The van der Waals surface area contributed by atoms with Crippen LogP contribution in [0.15, 0.2) is 36.5 Å². The van der Waals surface area contributed by atoms with Gasteiger partial charge in [-0.1, -0.05) is 140 Å². The van der Waals surface area contributed by atoms with Crippen LogP contribution in [0.2, 0.25) is 0 Å². The van der Waals surface area contributed by atoms with Crippen LogP contribution in [0.5, 0.6) is 0 Å². The molecule has 58 heavy (non-hydrogen) atoms. The Balaban J connectivity index is 2.46. The highest BCUT2D eigenvalue weighted by Gasteiger charge is 2.46. The van der Waals surface area contributed by atoms with E-state index in [1.54, 1.807) is 0 Å². The van der Waals surface area contributed by atoms with Gasteiger partial charge in [-0.3, -0.25) is 14.1 Å². The number of hydrogen-bond donors (Lipinski definition) is 4. The third-order valence-corrected chi connectivity index (χ3v) is 10.9. The van der Waals surface area contributed by atoms with Gasteiger partial charge >= 0.3 is 11.9 Å². The molecule has 0 aromatic carbocycles. The van der Waals surface area contributed by atoms with Crippen LogP contribution in [-0.2, 0) is 38.7 Å². The SMILES string of the molecule is CCCC/C=C\C/C=C\CCCCCCCC(=O)OC(COC(=O)CCCCCCC/C=C\CCCCCCCCC)COC1OC(CS(=O)(=O)O)C(O)C(O)C1O. The second-order valence-corrected chi connectivity index (χ2v) is 17.2. The molecule has 0 bridgehead atoms. The first-order valence-electron chi connectivity index (χ1n) is 22.5. The predicted molar refractivity (Wildman–Crippen MR) is 229 cm³/mol. The summed E-state index contributed by atoms with van der Waals surface area (Å²) in [7, 11) is -4.60. The fraction of sp³-hybridized carbons (Fsp3) is 0.822. The summed E-state index contributed by atoms with van der Waals surface area (Å²) in [6.45, 7) is 3.69. The van der Waals surface area contributed by atoms with Crippen molar-refractivity contribution in [3.05, 3.63) is 36.5 Å². The number of esters is 2. The maximum absolute atomic E-state index is 12.8. The van der Waals surface area contributed by atoms with E-state index in [4.69, 9.17) is 18.9 Å². The van der Waals surface area contributed by atoms with Crippen molar-refractivity contribution in [2.75, 3.05) is 19.0 Å². The van der Waals surface area contributed by atoms with Gasteiger partial charge in [-0.05, 0) is 64.2 Å². The van der Waals surface area contributed by atoms with E-state index in [0.29, 0.717) is 12.8 Å². The fourth-order valence-corrected chi connectivity index (χ4v) is 7.32. The molecule has 1 heterocycles. The van der Waals surface area contributed by atoms with Gasteiger partial charge in [0, 0.05) is 12.8 Å². The fourth-order valence-electron chi connectivity index (χ4n) is 6.63. The topological polar surface area (TPSA) is 186 Å². The quantitative estimate of drug-likeness (QED) is 0.0202. The average Bonchev–Trinajstić information content (AvgIpc) is 3.18. The van der Waals surface area contributed by atoms with Gasteiger partial charge in [-0.2, -0.15) is 8.42 Å². The molecule has 0 amide bonds. The number of carbonyl (C=O) groups is 2. The van der Waals surface area contributed by atoms with Crippen molar-refractivity contribution in [1.82, 2.24) is 0 Å². The van der Waals surface area contributed by atoms with E-state index in [2.05, 4.69) is 50.3 Å². The van der Waals surface area contributed by atoms with Crippen LogP contribution in [0.25, 0.3) is 0 Å². The van der Waals surface area contributed by atoms with Crippen molar-refractivity contribution >= 4 is 22.1 Å². The summed E-state index contributed by atoms with van der Waals surface area (Å²) < 4.78 is 54.0. The molecule has 0 aromatic heterocycles. The summed E-state index contributed by atoms with van der Waals surface area (Å²) in [4.78, 5) is 25.4. The van der Waals surface area contributed by atoms with Crippen LogP contribution in [0.4, 0.5) is 0 Å². The van der Waals surface area contributed by atoms with E-state index in [0.717, 1.165) is 83.5 Å². The molecule has 12 nitrogen and oxygen atoms in total. The van der Waals surface area contributed by atoms with E-state index in [-0.39, 0.29) is 19.4 Å². The lowest BCUT2D eigenvalue weighted by Gasteiger charge is -2.40. The molecule has 0 spiro atoms. The number of allylic oxidation sites excluding steroid dienone is 6. The van der Waals surface area contributed by atoms with Crippen molar-refractivity contribution in [3.8, 4) is 0 Å². The standard InChI is InChI=1S/C45H80O12S/c1-3-5-7-9-11-13-15-17-19-20-22-23-25-27-29-31-33-40(46)54-35-38(36-55-45-44(50)43(49)42(48)39(57-45)37-58(51,52)53)56-41(47)34-32-30-28-26-24-21-18-16-14-12-10-8-6-4-2/h10,12,16,18-20,38-39,42-45,48-50H,3-9,11,13-15,17,21-37H2,1-2H3,(H,51,52,53)/b12-10-,18-16-,20-19-. The van der Waals surface area contributed by atoms with Crippen molar-refractivity contribution in [3.63, 3.8) is 0 Å². The number of carbonyl (C=O) groups excluding carboxylic acids is 2. The summed E-state index contributed by atoms with van der Waals surface area (Å²) in [5.74, 6) is -2.01. The molecule has 1 aliphatic rings. The Morgan fingerprint density at radius 3 is 1.59 bits per heavy atom. The molecule has 13 heteroatoms. The normalized spacial score (nSPS) is 20.7. The second kappa shape index (κ2) is 35.6. The van der Waals surface area contributed by atoms with E-state index < -0.39 is 71.2 Å². The predicted octanol–water partition coefficient (Wildman–Crippen LogP) is 9.00. The molecular weight excluding hydrogens is 765 g/mol. The molecule has 0 saturated carbocycles. The Morgan fingerprint density at radius 1 is 0.586 bits per heavy atom. The van der Waals surface area contributed by atoms with Gasteiger partial charge in [0.15, 0.2) is 12.4 Å². The highest BCUT2D eigenvalue weighted by atomic mass is 32.2. The minimum Gasteiger partial charge on any atom is -0.462 e. The van der Waals surface area contributed by atoms with Crippen LogP contribution in [0.3, 0.4) is 0 Å². The molecule has 0 radical (unpaired) electrons. The Morgan fingerprint density at radius 2 is 1.05 bits per heavy atom. The zero-order valence-corrected chi connectivity index (χ0v) is 36.7.